The third kappa shape index (κ3) is 2.11. The van der Waals surface area contributed by atoms with Crippen LogP contribution in [0.15, 0.2) is 25.8 Å². The van der Waals surface area contributed by atoms with Gasteiger partial charge in [-0.2, -0.15) is 0 Å². The van der Waals surface area contributed by atoms with Gasteiger partial charge in [-0.05, 0) is 43.3 Å². The molecule has 0 amide bonds. The van der Waals surface area contributed by atoms with Gasteiger partial charge in [-0.1, -0.05) is 0 Å². The molecule has 0 unspecified atom stereocenters. The normalized spacial score (nSPS) is 10.4. The third-order valence-electron chi connectivity index (χ3n) is 1.95. The Labute approximate surface area is 118 Å². The summed E-state index contributed by atoms with van der Waals surface area (Å²) in [5, 5.41) is 3.74. The summed E-state index contributed by atoms with van der Waals surface area (Å²) in [6, 6.07) is 1.80. The van der Waals surface area contributed by atoms with Crippen LogP contribution in [0.3, 0.4) is 0 Å². The lowest BCUT2D eigenvalue weighted by Gasteiger charge is -2.00. The molecule has 0 radical (unpaired) electrons. The summed E-state index contributed by atoms with van der Waals surface area (Å²) in [5.41, 5.74) is 0. The van der Waals surface area contributed by atoms with Crippen molar-refractivity contribution < 1.29 is 9.53 Å². The molecule has 0 aliphatic carbocycles. The van der Waals surface area contributed by atoms with Crippen molar-refractivity contribution in [2.45, 2.75) is 0 Å². The van der Waals surface area contributed by atoms with E-state index in [2.05, 4.69) is 31.9 Å². The minimum atomic E-state index is -0.00516. The van der Waals surface area contributed by atoms with E-state index < -0.39 is 0 Å². The predicted octanol–water partition coefficient (Wildman–Crippen LogP) is 4.57. The number of hydrogen-bond donors (Lipinski definition) is 0. The molecular weight excluding hydrogens is 376 g/mol. The number of carbonyl (C=O) groups excluding carboxylic acids is 1. The molecule has 0 N–H and O–H groups in total. The minimum Gasteiger partial charge on any atom is -0.495 e. The highest BCUT2D eigenvalue weighted by molar-refractivity contribution is 9.13. The van der Waals surface area contributed by atoms with Crippen LogP contribution in [0.4, 0.5) is 0 Å². The fourth-order valence-corrected chi connectivity index (χ4v) is 4.17. The van der Waals surface area contributed by atoms with Gasteiger partial charge in [0.1, 0.15) is 10.6 Å². The van der Waals surface area contributed by atoms with Crippen molar-refractivity contribution >= 4 is 60.3 Å². The van der Waals surface area contributed by atoms with Crippen molar-refractivity contribution in [2.24, 2.45) is 0 Å². The van der Waals surface area contributed by atoms with Crippen LogP contribution in [0.5, 0.6) is 5.75 Å². The van der Waals surface area contributed by atoms with E-state index in [1.807, 2.05) is 10.8 Å². The highest BCUT2D eigenvalue weighted by Crippen LogP contribution is 2.36. The fourth-order valence-electron chi connectivity index (χ4n) is 1.20. The van der Waals surface area contributed by atoms with E-state index in [4.69, 9.17) is 4.74 Å². The average molecular weight is 382 g/mol. The van der Waals surface area contributed by atoms with Gasteiger partial charge in [-0.25, -0.2) is 0 Å². The van der Waals surface area contributed by atoms with Crippen LogP contribution >= 0.6 is 54.5 Å². The molecule has 0 aliphatic rings. The molecule has 0 aromatic carbocycles. The highest BCUT2D eigenvalue weighted by Gasteiger charge is 2.21. The highest BCUT2D eigenvalue weighted by atomic mass is 79.9. The third-order valence-corrected chi connectivity index (χ3v) is 6.37. The van der Waals surface area contributed by atoms with Gasteiger partial charge in [0.05, 0.1) is 16.5 Å². The smallest absolute Gasteiger partial charge is 0.217 e. The number of ether oxygens (including phenoxy) is 1. The lowest BCUT2D eigenvalue weighted by Crippen LogP contribution is -1.98. The summed E-state index contributed by atoms with van der Waals surface area (Å²) >= 11 is 9.56. The maximum atomic E-state index is 12.2. The number of hydrogen-bond acceptors (Lipinski definition) is 4. The molecule has 2 aromatic heterocycles. The second-order valence-corrected chi connectivity index (χ2v) is 6.32. The zero-order chi connectivity index (χ0) is 11.7. The first-order valence-corrected chi connectivity index (χ1v) is 7.58. The number of thiophene rings is 2. The molecule has 84 valence electrons. The molecule has 6 heteroatoms. The molecule has 0 fully saturated rings. The molecular formula is C10H6Br2O2S2. The van der Waals surface area contributed by atoms with Crippen molar-refractivity contribution in [3.63, 3.8) is 0 Å². The number of methoxy groups -OCH3 is 1. The summed E-state index contributed by atoms with van der Waals surface area (Å²) in [4.78, 5) is 13.5. The molecule has 0 spiro atoms. The summed E-state index contributed by atoms with van der Waals surface area (Å²) in [7, 11) is 1.57. The topological polar surface area (TPSA) is 26.3 Å². The minimum absolute atomic E-state index is 0.00516. The van der Waals surface area contributed by atoms with Crippen molar-refractivity contribution in [1.29, 1.82) is 0 Å². The van der Waals surface area contributed by atoms with Crippen molar-refractivity contribution in [2.75, 3.05) is 7.11 Å². The largest absolute Gasteiger partial charge is 0.495 e. The maximum absolute atomic E-state index is 12.2. The first kappa shape index (κ1) is 12.3. The molecule has 2 aromatic rings. The zero-order valence-corrected chi connectivity index (χ0v) is 12.9. The molecule has 0 bridgehead atoms. The van der Waals surface area contributed by atoms with Crippen LogP contribution in [0, 0.1) is 0 Å². The monoisotopic (exact) mass is 380 g/mol. The second-order valence-electron chi connectivity index (χ2n) is 2.87. The Morgan fingerprint density at radius 2 is 2.06 bits per heavy atom. The van der Waals surface area contributed by atoms with E-state index >= 15 is 0 Å². The van der Waals surface area contributed by atoms with E-state index in [-0.39, 0.29) is 5.78 Å². The standard InChI is InChI=1S/C10H6Br2O2S2/c1-14-6-2-3-15-9(6)8(13)10-7(12)5(11)4-16-10/h2-4H,1H3. The van der Waals surface area contributed by atoms with E-state index in [9.17, 15) is 4.79 Å². The first-order chi connectivity index (χ1) is 7.65. The van der Waals surface area contributed by atoms with Crippen molar-refractivity contribution in [3.05, 3.63) is 35.5 Å². The molecule has 0 saturated heterocycles. The van der Waals surface area contributed by atoms with E-state index in [1.54, 1.807) is 13.2 Å². The summed E-state index contributed by atoms with van der Waals surface area (Å²) in [5.74, 6) is 0.626. The summed E-state index contributed by atoms with van der Waals surface area (Å²) in [6.45, 7) is 0. The molecule has 16 heavy (non-hydrogen) atoms. The van der Waals surface area contributed by atoms with Crippen LogP contribution < -0.4 is 4.74 Å². The van der Waals surface area contributed by atoms with Gasteiger partial charge < -0.3 is 4.74 Å². The van der Waals surface area contributed by atoms with Crippen molar-refractivity contribution in [3.8, 4) is 5.75 Å². The number of halogens is 2. The molecule has 2 heterocycles. The van der Waals surface area contributed by atoms with Crippen LogP contribution in [0.2, 0.25) is 0 Å². The first-order valence-electron chi connectivity index (χ1n) is 4.23. The Kier molecular flexibility index (Phi) is 3.84. The maximum Gasteiger partial charge on any atom is 0.217 e. The SMILES string of the molecule is COc1ccsc1C(=O)c1scc(Br)c1Br. The van der Waals surface area contributed by atoms with Gasteiger partial charge in [0.2, 0.25) is 5.78 Å². The number of rotatable bonds is 3. The summed E-state index contributed by atoms with van der Waals surface area (Å²) in [6.07, 6.45) is 0. The van der Waals surface area contributed by atoms with Crippen LogP contribution in [0.25, 0.3) is 0 Å². The average Bonchev–Trinajstić information content (AvgIpc) is 2.86. The lowest BCUT2D eigenvalue weighted by molar-refractivity contribution is 0.104. The van der Waals surface area contributed by atoms with Gasteiger partial charge in [0.25, 0.3) is 0 Å². The van der Waals surface area contributed by atoms with E-state index in [0.717, 1.165) is 8.95 Å². The van der Waals surface area contributed by atoms with Crippen LogP contribution in [0.1, 0.15) is 14.5 Å². The molecule has 0 atom stereocenters. The molecule has 2 rings (SSSR count). The van der Waals surface area contributed by atoms with Crippen molar-refractivity contribution in [1.82, 2.24) is 0 Å². The van der Waals surface area contributed by atoms with E-state index in [1.165, 1.54) is 22.7 Å². The van der Waals surface area contributed by atoms with Crippen LogP contribution in [-0.2, 0) is 0 Å². The molecule has 0 aliphatic heterocycles. The number of carbonyl (C=O) groups is 1. The van der Waals surface area contributed by atoms with Gasteiger partial charge in [-0.3, -0.25) is 4.79 Å². The lowest BCUT2D eigenvalue weighted by atomic mass is 10.2. The van der Waals surface area contributed by atoms with Crippen LogP contribution in [-0.4, -0.2) is 12.9 Å². The quantitative estimate of drug-likeness (QED) is 0.727. The van der Waals surface area contributed by atoms with Gasteiger partial charge in [0, 0.05) is 9.85 Å². The van der Waals surface area contributed by atoms with Gasteiger partial charge in [0.15, 0.2) is 0 Å². The van der Waals surface area contributed by atoms with Gasteiger partial charge in [-0.15, -0.1) is 22.7 Å². The van der Waals surface area contributed by atoms with E-state index in [0.29, 0.717) is 15.5 Å². The fraction of sp³-hybridized carbons (Fsp3) is 0.100. The Hall–Kier alpha value is -0.170. The predicted molar refractivity (Wildman–Crippen MR) is 74.0 cm³/mol. The Balaban J connectivity index is 2.43. The zero-order valence-electron chi connectivity index (χ0n) is 8.12. The Bertz CT molecular complexity index is 531. The van der Waals surface area contributed by atoms with Gasteiger partial charge >= 0.3 is 0 Å². The molecule has 2 nitrogen and oxygen atoms in total. The Morgan fingerprint density at radius 1 is 1.31 bits per heavy atom. The Morgan fingerprint density at radius 3 is 2.62 bits per heavy atom. The second kappa shape index (κ2) is 5.00. The molecule has 0 saturated carbocycles. The number of ketones is 1. The summed E-state index contributed by atoms with van der Waals surface area (Å²) < 4.78 is 6.84.